The number of amides is 1. The Balaban J connectivity index is 2.04. The molecule has 1 aromatic carbocycles. The third kappa shape index (κ3) is 2.31. The molecule has 0 bridgehead atoms. The van der Waals surface area contributed by atoms with Crippen LogP contribution in [0.2, 0.25) is 0 Å². The average Bonchev–Trinajstić information content (AvgIpc) is 3.04. The zero-order valence-corrected chi connectivity index (χ0v) is 13.6. The molecule has 1 N–H and O–H groups in total. The summed E-state index contributed by atoms with van der Waals surface area (Å²) in [5.41, 5.74) is 1.92. The van der Waals surface area contributed by atoms with E-state index in [0.29, 0.717) is 4.77 Å². The maximum atomic E-state index is 12.6. The fraction of sp³-hybridized carbons (Fsp3) is 0.429. The number of nitrogens with one attached hydrogen (secondary N) is 1. The summed E-state index contributed by atoms with van der Waals surface area (Å²) in [6, 6.07) is 5.66. The maximum Gasteiger partial charge on any atom is 0.245 e. The van der Waals surface area contributed by atoms with Gasteiger partial charge in [-0.05, 0) is 50.2 Å². The SMILES string of the molecule is CC(C(=O)N1CCCC1)n1c(=S)[nH]c2ccc(Br)cc21. The van der Waals surface area contributed by atoms with Crippen LogP contribution in [-0.4, -0.2) is 33.4 Å². The number of hydrogen-bond acceptors (Lipinski definition) is 2. The number of nitrogens with zero attached hydrogens (tertiary/aromatic N) is 2. The number of fused-ring (bicyclic) bond motifs is 1. The molecule has 1 aliphatic heterocycles. The molecule has 1 saturated heterocycles. The van der Waals surface area contributed by atoms with E-state index in [4.69, 9.17) is 12.2 Å². The number of likely N-dealkylation sites (tertiary alicyclic amines) is 1. The van der Waals surface area contributed by atoms with Crippen LogP contribution < -0.4 is 0 Å². The van der Waals surface area contributed by atoms with Crippen LogP contribution in [0.5, 0.6) is 0 Å². The second-order valence-electron chi connectivity index (χ2n) is 5.17. The van der Waals surface area contributed by atoms with Gasteiger partial charge < -0.3 is 14.5 Å². The smallest absolute Gasteiger partial charge is 0.245 e. The molecular formula is C14H16BrN3OS. The zero-order chi connectivity index (χ0) is 14.3. The summed E-state index contributed by atoms with van der Waals surface area (Å²) in [5.74, 6) is 0.152. The molecule has 1 amide bonds. The third-order valence-corrected chi connectivity index (χ3v) is 4.63. The summed E-state index contributed by atoms with van der Waals surface area (Å²) >= 11 is 8.86. The van der Waals surface area contributed by atoms with Gasteiger partial charge in [-0.1, -0.05) is 15.9 Å². The summed E-state index contributed by atoms with van der Waals surface area (Å²) in [4.78, 5) is 17.7. The van der Waals surface area contributed by atoms with Crippen molar-refractivity contribution in [3.05, 3.63) is 27.4 Å². The van der Waals surface area contributed by atoms with Gasteiger partial charge in [0.25, 0.3) is 0 Å². The molecule has 0 aliphatic carbocycles. The molecular weight excluding hydrogens is 338 g/mol. The van der Waals surface area contributed by atoms with Crippen molar-refractivity contribution in [2.75, 3.05) is 13.1 Å². The number of carbonyl (C=O) groups excluding carboxylic acids is 1. The number of carbonyl (C=O) groups is 1. The monoisotopic (exact) mass is 353 g/mol. The highest BCUT2D eigenvalue weighted by Crippen LogP contribution is 2.24. The first-order valence-electron chi connectivity index (χ1n) is 6.76. The van der Waals surface area contributed by atoms with Crippen LogP contribution in [0.3, 0.4) is 0 Å². The number of benzene rings is 1. The highest BCUT2D eigenvalue weighted by molar-refractivity contribution is 9.10. The molecule has 2 aromatic rings. The molecule has 4 nitrogen and oxygen atoms in total. The molecule has 1 atom stereocenters. The number of H-pyrrole nitrogens is 1. The summed E-state index contributed by atoms with van der Waals surface area (Å²) in [7, 11) is 0. The molecule has 0 spiro atoms. The van der Waals surface area contributed by atoms with Crippen molar-refractivity contribution < 1.29 is 4.79 Å². The van der Waals surface area contributed by atoms with E-state index in [0.717, 1.165) is 41.4 Å². The van der Waals surface area contributed by atoms with Gasteiger partial charge in [0.05, 0.1) is 11.0 Å². The molecule has 1 aliphatic rings. The highest BCUT2D eigenvalue weighted by atomic mass is 79.9. The van der Waals surface area contributed by atoms with Crippen LogP contribution in [0.1, 0.15) is 25.8 Å². The average molecular weight is 354 g/mol. The van der Waals surface area contributed by atoms with Crippen LogP contribution in [0.15, 0.2) is 22.7 Å². The molecule has 1 aromatic heterocycles. The Bertz CT molecular complexity index is 715. The minimum Gasteiger partial charge on any atom is -0.341 e. The van der Waals surface area contributed by atoms with E-state index in [2.05, 4.69) is 20.9 Å². The largest absolute Gasteiger partial charge is 0.341 e. The van der Waals surface area contributed by atoms with Crippen molar-refractivity contribution >= 4 is 45.1 Å². The molecule has 6 heteroatoms. The van der Waals surface area contributed by atoms with Gasteiger partial charge in [-0.25, -0.2) is 0 Å². The lowest BCUT2D eigenvalue weighted by Crippen LogP contribution is -2.34. The van der Waals surface area contributed by atoms with E-state index in [1.807, 2.05) is 34.6 Å². The van der Waals surface area contributed by atoms with Crippen molar-refractivity contribution in [3.8, 4) is 0 Å². The van der Waals surface area contributed by atoms with E-state index >= 15 is 0 Å². The summed E-state index contributed by atoms with van der Waals surface area (Å²) in [6.07, 6.45) is 2.20. The van der Waals surface area contributed by atoms with E-state index in [1.54, 1.807) is 0 Å². The molecule has 106 valence electrons. The topological polar surface area (TPSA) is 41.0 Å². The molecule has 2 heterocycles. The van der Waals surface area contributed by atoms with Crippen molar-refractivity contribution in [3.63, 3.8) is 0 Å². The van der Waals surface area contributed by atoms with Gasteiger partial charge in [0.15, 0.2) is 4.77 Å². The molecule has 3 rings (SSSR count). The van der Waals surface area contributed by atoms with Crippen molar-refractivity contribution in [2.45, 2.75) is 25.8 Å². The quantitative estimate of drug-likeness (QED) is 0.837. The predicted molar refractivity (Wildman–Crippen MR) is 85.3 cm³/mol. The lowest BCUT2D eigenvalue weighted by molar-refractivity contribution is -0.133. The van der Waals surface area contributed by atoms with Gasteiger partial charge in [0.2, 0.25) is 5.91 Å². The lowest BCUT2D eigenvalue weighted by atomic mass is 10.2. The van der Waals surface area contributed by atoms with E-state index in [-0.39, 0.29) is 11.9 Å². The Kier molecular flexibility index (Phi) is 3.69. The number of aromatic amines is 1. The lowest BCUT2D eigenvalue weighted by Gasteiger charge is -2.21. The number of imidazole rings is 1. The van der Waals surface area contributed by atoms with Gasteiger partial charge in [-0.15, -0.1) is 0 Å². The number of rotatable bonds is 2. The first-order valence-corrected chi connectivity index (χ1v) is 7.96. The minimum atomic E-state index is -0.274. The van der Waals surface area contributed by atoms with Crippen molar-refractivity contribution in [1.82, 2.24) is 14.5 Å². The second-order valence-corrected chi connectivity index (χ2v) is 6.47. The van der Waals surface area contributed by atoms with Gasteiger partial charge in [0.1, 0.15) is 6.04 Å². The molecule has 1 unspecified atom stereocenters. The first kappa shape index (κ1) is 13.8. The molecule has 0 saturated carbocycles. The Labute approximate surface area is 130 Å². The zero-order valence-electron chi connectivity index (χ0n) is 11.2. The Morgan fingerprint density at radius 1 is 1.40 bits per heavy atom. The number of aromatic nitrogens is 2. The fourth-order valence-corrected chi connectivity index (χ4v) is 3.51. The summed E-state index contributed by atoms with van der Waals surface area (Å²) in [6.45, 7) is 3.65. The highest BCUT2D eigenvalue weighted by Gasteiger charge is 2.25. The van der Waals surface area contributed by atoms with Crippen molar-refractivity contribution in [2.24, 2.45) is 0 Å². The standard InChI is InChI=1S/C14H16BrN3OS/c1-9(13(19)17-6-2-3-7-17)18-12-8-10(15)4-5-11(12)16-14(18)20/h4-5,8-9H,2-3,6-7H2,1H3,(H,16,20). The molecule has 1 fully saturated rings. The minimum absolute atomic E-state index is 0.152. The maximum absolute atomic E-state index is 12.6. The van der Waals surface area contributed by atoms with E-state index < -0.39 is 0 Å². The predicted octanol–water partition coefficient (Wildman–Crippen LogP) is 3.64. The van der Waals surface area contributed by atoms with E-state index in [1.165, 1.54) is 0 Å². The number of hydrogen-bond donors (Lipinski definition) is 1. The summed E-state index contributed by atoms with van der Waals surface area (Å²) in [5, 5.41) is 0. The van der Waals surface area contributed by atoms with Crippen LogP contribution in [0, 0.1) is 4.77 Å². The third-order valence-electron chi connectivity index (χ3n) is 3.84. The van der Waals surface area contributed by atoms with Crippen LogP contribution in [-0.2, 0) is 4.79 Å². The van der Waals surface area contributed by atoms with Crippen molar-refractivity contribution in [1.29, 1.82) is 0 Å². The Hall–Kier alpha value is -1.14. The molecule has 20 heavy (non-hydrogen) atoms. The van der Waals surface area contributed by atoms with Gasteiger partial charge in [0, 0.05) is 17.6 Å². The van der Waals surface area contributed by atoms with Gasteiger partial charge >= 0.3 is 0 Å². The van der Waals surface area contributed by atoms with Crippen LogP contribution in [0.4, 0.5) is 0 Å². The van der Waals surface area contributed by atoms with Crippen LogP contribution in [0.25, 0.3) is 11.0 Å². The Morgan fingerprint density at radius 2 is 2.10 bits per heavy atom. The number of halogens is 1. The second kappa shape index (κ2) is 5.33. The molecule has 0 radical (unpaired) electrons. The van der Waals surface area contributed by atoms with Gasteiger partial charge in [-0.2, -0.15) is 0 Å². The first-order chi connectivity index (χ1) is 9.58. The van der Waals surface area contributed by atoms with E-state index in [9.17, 15) is 4.79 Å². The van der Waals surface area contributed by atoms with Crippen LogP contribution >= 0.6 is 28.1 Å². The van der Waals surface area contributed by atoms with Gasteiger partial charge in [-0.3, -0.25) is 4.79 Å². The normalized spacial score (nSPS) is 16.8. The Morgan fingerprint density at radius 3 is 2.80 bits per heavy atom. The summed E-state index contributed by atoms with van der Waals surface area (Å²) < 4.78 is 3.49. The fourth-order valence-electron chi connectivity index (χ4n) is 2.79.